The van der Waals surface area contributed by atoms with Gasteiger partial charge < -0.3 is 9.88 Å². The Hall–Kier alpha value is -3.34. The molecule has 0 spiro atoms. The molecule has 2 aromatic carbocycles. The van der Waals surface area contributed by atoms with Crippen molar-refractivity contribution < 1.29 is 9.59 Å². The number of aryl methyl sites for hydroxylation is 1. The zero-order chi connectivity index (χ0) is 19.0. The van der Waals surface area contributed by atoms with Crippen LogP contribution in [0.1, 0.15) is 23.6 Å². The van der Waals surface area contributed by atoms with E-state index in [1.165, 1.54) is 16.0 Å². The summed E-state index contributed by atoms with van der Waals surface area (Å²) in [7, 11) is 0. The van der Waals surface area contributed by atoms with Crippen LogP contribution < -0.4 is 5.32 Å². The summed E-state index contributed by atoms with van der Waals surface area (Å²) in [6.07, 6.45) is 3.80. The van der Waals surface area contributed by atoms with Crippen LogP contribution in [0, 0.1) is 6.92 Å². The number of para-hydroxylation sites is 1. The van der Waals surface area contributed by atoms with E-state index in [0.29, 0.717) is 12.2 Å². The fourth-order valence-corrected chi connectivity index (χ4v) is 3.43. The number of amides is 3. The minimum Gasteiger partial charge on any atom is -0.342 e. The zero-order valence-electron chi connectivity index (χ0n) is 15.4. The molecule has 0 radical (unpaired) electrons. The monoisotopic (exact) mass is 359 g/mol. The third-order valence-electron chi connectivity index (χ3n) is 4.87. The maximum Gasteiger partial charge on any atom is 0.328 e. The van der Waals surface area contributed by atoms with E-state index < -0.39 is 0 Å². The second-order valence-corrected chi connectivity index (χ2v) is 6.75. The highest BCUT2D eigenvalue weighted by atomic mass is 16.2. The molecule has 2 heterocycles. The van der Waals surface area contributed by atoms with Crippen molar-refractivity contribution in [3.8, 4) is 0 Å². The third kappa shape index (κ3) is 3.12. The van der Waals surface area contributed by atoms with E-state index in [1.807, 2.05) is 24.4 Å². The van der Waals surface area contributed by atoms with E-state index in [2.05, 4.69) is 47.1 Å². The largest absolute Gasteiger partial charge is 0.342 e. The van der Waals surface area contributed by atoms with Gasteiger partial charge in [0.05, 0.1) is 0 Å². The van der Waals surface area contributed by atoms with Crippen LogP contribution in [0.25, 0.3) is 17.0 Å². The number of likely N-dealkylation sites (N-methyl/N-ethyl adjacent to an activating group) is 1. The number of benzene rings is 2. The summed E-state index contributed by atoms with van der Waals surface area (Å²) in [4.78, 5) is 25.5. The first-order chi connectivity index (χ1) is 13.1. The van der Waals surface area contributed by atoms with Crippen molar-refractivity contribution in [2.24, 2.45) is 0 Å². The van der Waals surface area contributed by atoms with Crippen LogP contribution >= 0.6 is 0 Å². The Morgan fingerprint density at radius 1 is 1.04 bits per heavy atom. The highest BCUT2D eigenvalue weighted by Crippen LogP contribution is 2.25. The fourth-order valence-electron chi connectivity index (χ4n) is 3.43. The van der Waals surface area contributed by atoms with E-state index >= 15 is 0 Å². The number of fused-ring (bicyclic) bond motifs is 1. The molecule has 1 saturated heterocycles. The van der Waals surface area contributed by atoms with Gasteiger partial charge in [0.15, 0.2) is 0 Å². The first kappa shape index (κ1) is 17.1. The molecule has 1 aliphatic heterocycles. The summed E-state index contributed by atoms with van der Waals surface area (Å²) in [5, 5.41) is 3.72. The smallest absolute Gasteiger partial charge is 0.328 e. The van der Waals surface area contributed by atoms with Crippen LogP contribution in [0.4, 0.5) is 4.79 Å². The van der Waals surface area contributed by atoms with Crippen LogP contribution in [-0.4, -0.2) is 28.0 Å². The minimum atomic E-state index is -0.364. The Labute approximate surface area is 157 Å². The summed E-state index contributed by atoms with van der Waals surface area (Å²) < 4.78 is 2.17. The van der Waals surface area contributed by atoms with Crippen molar-refractivity contribution in [1.82, 2.24) is 14.8 Å². The fraction of sp³-hybridized carbons (Fsp3) is 0.182. The van der Waals surface area contributed by atoms with E-state index in [-0.39, 0.29) is 11.9 Å². The Kier molecular flexibility index (Phi) is 4.28. The van der Waals surface area contributed by atoms with E-state index in [1.54, 1.807) is 13.0 Å². The van der Waals surface area contributed by atoms with E-state index in [0.717, 1.165) is 23.0 Å². The van der Waals surface area contributed by atoms with Crippen molar-refractivity contribution in [2.75, 3.05) is 6.54 Å². The lowest BCUT2D eigenvalue weighted by atomic mass is 10.1. The van der Waals surface area contributed by atoms with Crippen molar-refractivity contribution in [3.05, 3.63) is 77.1 Å². The standard InChI is InChI=1S/C22H21N3O2/c1-3-25-21(26)19(23-22(25)27)12-17-14-24(20-7-5-4-6-18(17)20)13-16-10-8-15(2)9-11-16/h4-12,14H,3,13H2,1-2H3,(H,23,27). The third-order valence-corrected chi connectivity index (χ3v) is 4.87. The molecule has 0 unspecified atom stereocenters. The molecule has 4 rings (SSSR count). The number of nitrogens with one attached hydrogen (secondary N) is 1. The van der Waals surface area contributed by atoms with Crippen LogP contribution in [0.15, 0.2) is 60.4 Å². The topological polar surface area (TPSA) is 54.3 Å². The maximum absolute atomic E-state index is 12.4. The number of imide groups is 1. The van der Waals surface area contributed by atoms with Gasteiger partial charge in [-0.05, 0) is 31.6 Å². The number of carbonyl (C=O) groups is 2. The van der Waals surface area contributed by atoms with Gasteiger partial charge in [0.25, 0.3) is 5.91 Å². The van der Waals surface area contributed by atoms with Gasteiger partial charge in [-0.1, -0.05) is 48.0 Å². The molecule has 0 bridgehead atoms. The molecule has 136 valence electrons. The Balaban J connectivity index is 1.74. The molecule has 0 saturated carbocycles. The number of carbonyl (C=O) groups excluding carboxylic acids is 2. The summed E-state index contributed by atoms with van der Waals surface area (Å²) in [6, 6.07) is 16.2. The summed E-state index contributed by atoms with van der Waals surface area (Å²) in [5.41, 5.74) is 4.77. The molecule has 1 N–H and O–H groups in total. The number of hydrogen-bond acceptors (Lipinski definition) is 2. The van der Waals surface area contributed by atoms with Crippen LogP contribution in [0.3, 0.4) is 0 Å². The van der Waals surface area contributed by atoms with Gasteiger partial charge in [-0.3, -0.25) is 9.69 Å². The van der Waals surface area contributed by atoms with Crippen molar-refractivity contribution >= 4 is 28.9 Å². The Morgan fingerprint density at radius 3 is 2.48 bits per heavy atom. The summed E-state index contributed by atoms with van der Waals surface area (Å²) in [5.74, 6) is -0.280. The van der Waals surface area contributed by atoms with Crippen molar-refractivity contribution in [2.45, 2.75) is 20.4 Å². The molecule has 3 aromatic rings. The minimum absolute atomic E-state index is 0.280. The highest BCUT2D eigenvalue weighted by Gasteiger charge is 2.32. The molecular weight excluding hydrogens is 338 g/mol. The lowest BCUT2D eigenvalue weighted by molar-refractivity contribution is -0.122. The number of nitrogens with zero attached hydrogens (tertiary/aromatic N) is 2. The predicted octanol–water partition coefficient (Wildman–Crippen LogP) is 3.91. The van der Waals surface area contributed by atoms with Gasteiger partial charge in [0, 0.05) is 35.8 Å². The quantitative estimate of drug-likeness (QED) is 0.567. The zero-order valence-corrected chi connectivity index (χ0v) is 15.4. The lowest BCUT2D eigenvalue weighted by Gasteiger charge is -2.06. The molecule has 5 nitrogen and oxygen atoms in total. The second kappa shape index (κ2) is 6.76. The van der Waals surface area contributed by atoms with Crippen LogP contribution in [0.5, 0.6) is 0 Å². The van der Waals surface area contributed by atoms with Gasteiger partial charge in [-0.2, -0.15) is 0 Å². The average Bonchev–Trinajstić information content (AvgIpc) is 3.14. The highest BCUT2D eigenvalue weighted by molar-refractivity contribution is 6.14. The molecule has 5 heteroatoms. The Morgan fingerprint density at radius 2 is 1.78 bits per heavy atom. The average molecular weight is 359 g/mol. The molecule has 1 aliphatic rings. The molecule has 3 amide bonds. The lowest BCUT2D eigenvalue weighted by Crippen LogP contribution is -2.30. The maximum atomic E-state index is 12.4. The van der Waals surface area contributed by atoms with Gasteiger partial charge in [-0.25, -0.2) is 4.79 Å². The van der Waals surface area contributed by atoms with Crippen LogP contribution in [0.2, 0.25) is 0 Å². The molecule has 1 aromatic heterocycles. The molecule has 0 aliphatic carbocycles. The summed E-state index contributed by atoms with van der Waals surface area (Å²) in [6.45, 7) is 4.96. The molecule has 27 heavy (non-hydrogen) atoms. The van der Waals surface area contributed by atoms with Crippen molar-refractivity contribution in [3.63, 3.8) is 0 Å². The predicted molar refractivity (Wildman–Crippen MR) is 106 cm³/mol. The Bertz CT molecular complexity index is 1060. The first-order valence-electron chi connectivity index (χ1n) is 9.05. The van der Waals surface area contributed by atoms with E-state index in [9.17, 15) is 9.59 Å². The number of urea groups is 1. The number of rotatable bonds is 4. The molecule has 0 atom stereocenters. The second-order valence-electron chi connectivity index (χ2n) is 6.75. The van der Waals surface area contributed by atoms with Crippen LogP contribution in [-0.2, 0) is 11.3 Å². The van der Waals surface area contributed by atoms with E-state index in [4.69, 9.17) is 0 Å². The van der Waals surface area contributed by atoms with Gasteiger partial charge in [-0.15, -0.1) is 0 Å². The first-order valence-corrected chi connectivity index (χ1v) is 9.05. The van der Waals surface area contributed by atoms with Gasteiger partial charge in [0.2, 0.25) is 0 Å². The number of aromatic nitrogens is 1. The molecule has 1 fully saturated rings. The van der Waals surface area contributed by atoms with Crippen molar-refractivity contribution in [1.29, 1.82) is 0 Å². The molecular formula is C22H21N3O2. The van der Waals surface area contributed by atoms with Gasteiger partial charge >= 0.3 is 6.03 Å². The van der Waals surface area contributed by atoms with Gasteiger partial charge in [0.1, 0.15) is 5.70 Å². The normalized spacial score (nSPS) is 15.8. The SMILES string of the molecule is CCN1C(=O)NC(=Cc2cn(Cc3ccc(C)cc3)c3ccccc23)C1=O. The summed E-state index contributed by atoms with van der Waals surface area (Å²) >= 11 is 0. The number of hydrogen-bond donors (Lipinski definition) is 1.